The molecule has 2 aromatic rings. The third kappa shape index (κ3) is 5.01. The number of ether oxygens (including phenoxy) is 2. The summed E-state index contributed by atoms with van der Waals surface area (Å²) in [7, 11) is 0. The minimum absolute atomic E-state index is 0.362. The molecule has 29 heavy (non-hydrogen) atoms. The minimum Gasteiger partial charge on any atom is -0.456 e. The molecule has 0 amide bonds. The lowest BCUT2D eigenvalue weighted by Crippen LogP contribution is -2.55. The highest BCUT2D eigenvalue weighted by molar-refractivity contribution is 7.99. The highest BCUT2D eigenvalue weighted by atomic mass is 32.2. The average molecular weight is 410 g/mol. The highest BCUT2D eigenvalue weighted by Gasteiger charge is 2.46. The van der Waals surface area contributed by atoms with Gasteiger partial charge in [0, 0.05) is 14.7 Å². The van der Waals surface area contributed by atoms with Crippen LogP contribution < -0.4 is 0 Å². The Hall–Kier alpha value is -3.16. The third-order valence-corrected chi connectivity index (χ3v) is 5.56. The van der Waals surface area contributed by atoms with Gasteiger partial charge in [-0.05, 0) is 42.3 Å². The van der Waals surface area contributed by atoms with Gasteiger partial charge in [-0.3, -0.25) is 0 Å². The third-order valence-electron chi connectivity index (χ3n) is 4.39. The second-order valence-corrected chi connectivity index (χ2v) is 7.44. The summed E-state index contributed by atoms with van der Waals surface area (Å²) >= 11 is 1.35. The topological polar surface area (TPSA) is 133 Å². The van der Waals surface area contributed by atoms with E-state index >= 15 is 0 Å². The van der Waals surface area contributed by atoms with E-state index in [9.17, 15) is 4.79 Å². The maximum Gasteiger partial charge on any atom is 0.338 e. The van der Waals surface area contributed by atoms with Crippen LogP contribution in [0.25, 0.3) is 20.9 Å². The fraction of sp³-hybridized carbons (Fsp3) is 0.316. The van der Waals surface area contributed by atoms with Crippen molar-refractivity contribution in [3.05, 3.63) is 87.1 Å². The predicted molar refractivity (Wildman–Crippen MR) is 108 cm³/mol. The zero-order valence-electron chi connectivity index (χ0n) is 15.5. The molecule has 5 atom stereocenters. The van der Waals surface area contributed by atoms with Crippen LogP contribution in [0.15, 0.2) is 75.8 Å². The molecule has 1 fully saturated rings. The molecule has 3 rings (SSSR count). The Balaban J connectivity index is 1.87. The normalized spacial score (nSPS) is 25.9. The molecular formula is C19H18N6O3S. The van der Waals surface area contributed by atoms with Crippen molar-refractivity contribution in [3.63, 3.8) is 0 Å². The van der Waals surface area contributed by atoms with Gasteiger partial charge in [0.25, 0.3) is 0 Å². The number of esters is 1. The molecule has 9 nitrogen and oxygen atoms in total. The van der Waals surface area contributed by atoms with E-state index in [1.165, 1.54) is 11.8 Å². The van der Waals surface area contributed by atoms with Gasteiger partial charge in [0.1, 0.15) is 11.5 Å². The Kier molecular flexibility index (Phi) is 6.99. The zero-order valence-corrected chi connectivity index (χ0v) is 16.3. The molecule has 0 aliphatic carbocycles. The number of thioether (sulfide) groups is 1. The minimum atomic E-state index is -0.909. The van der Waals surface area contributed by atoms with Gasteiger partial charge in [0.2, 0.25) is 0 Å². The monoisotopic (exact) mass is 410 g/mol. The second-order valence-electron chi connectivity index (χ2n) is 6.27. The Morgan fingerprint density at radius 1 is 1.00 bits per heavy atom. The van der Waals surface area contributed by atoms with Crippen LogP contribution in [0.1, 0.15) is 17.3 Å². The summed E-state index contributed by atoms with van der Waals surface area (Å²) in [4.78, 5) is 19.2. The number of rotatable bonds is 6. The van der Waals surface area contributed by atoms with Crippen molar-refractivity contribution in [2.75, 3.05) is 0 Å². The van der Waals surface area contributed by atoms with E-state index in [4.69, 9.17) is 20.5 Å². The first-order valence-electron chi connectivity index (χ1n) is 8.85. The van der Waals surface area contributed by atoms with Gasteiger partial charge >= 0.3 is 5.97 Å². The molecule has 1 heterocycles. The summed E-state index contributed by atoms with van der Waals surface area (Å²) in [6.45, 7) is 1.73. The molecule has 1 aliphatic heterocycles. The number of azide groups is 2. The predicted octanol–water partition coefficient (Wildman–Crippen LogP) is 5.11. The molecule has 1 saturated heterocycles. The van der Waals surface area contributed by atoms with Gasteiger partial charge in [0.15, 0.2) is 0 Å². The van der Waals surface area contributed by atoms with E-state index in [1.54, 1.807) is 37.3 Å². The van der Waals surface area contributed by atoms with Gasteiger partial charge in [0.05, 0.1) is 23.8 Å². The maximum absolute atomic E-state index is 12.5. The van der Waals surface area contributed by atoms with Crippen molar-refractivity contribution in [2.45, 2.75) is 41.5 Å². The van der Waals surface area contributed by atoms with Crippen LogP contribution >= 0.6 is 11.8 Å². The van der Waals surface area contributed by atoms with Gasteiger partial charge < -0.3 is 9.47 Å². The lowest BCUT2D eigenvalue weighted by atomic mass is 9.96. The summed E-state index contributed by atoms with van der Waals surface area (Å²) in [6, 6.07) is 16.2. The molecular weight excluding hydrogens is 392 g/mol. The molecule has 10 heteroatoms. The van der Waals surface area contributed by atoms with Crippen LogP contribution in [-0.2, 0) is 9.47 Å². The van der Waals surface area contributed by atoms with Crippen molar-refractivity contribution in [3.8, 4) is 0 Å². The van der Waals surface area contributed by atoms with Gasteiger partial charge in [-0.2, -0.15) is 0 Å². The number of carbonyl (C=O) groups is 1. The highest BCUT2D eigenvalue weighted by Crippen LogP contribution is 2.37. The van der Waals surface area contributed by atoms with Gasteiger partial charge in [-0.25, -0.2) is 4.79 Å². The van der Waals surface area contributed by atoms with E-state index < -0.39 is 35.7 Å². The first-order valence-corrected chi connectivity index (χ1v) is 9.73. The molecule has 0 N–H and O–H groups in total. The number of nitrogens with zero attached hydrogens (tertiary/aromatic N) is 6. The molecule has 2 aromatic carbocycles. The van der Waals surface area contributed by atoms with Crippen LogP contribution in [0, 0.1) is 0 Å². The number of carbonyl (C=O) groups excluding carboxylic acids is 1. The van der Waals surface area contributed by atoms with Gasteiger partial charge in [-0.1, -0.05) is 58.4 Å². The summed E-state index contributed by atoms with van der Waals surface area (Å²) in [5.41, 5.74) is 17.9. The number of benzene rings is 2. The quantitative estimate of drug-likeness (QED) is 0.283. The molecule has 148 valence electrons. The lowest BCUT2D eigenvalue weighted by Gasteiger charge is -2.41. The largest absolute Gasteiger partial charge is 0.456 e. The Morgan fingerprint density at radius 2 is 1.59 bits per heavy atom. The Bertz CT molecular complexity index is 931. The van der Waals surface area contributed by atoms with Crippen molar-refractivity contribution < 1.29 is 14.3 Å². The van der Waals surface area contributed by atoms with Crippen LogP contribution in [0.4, 0.5) is 0 Å². The average Bonchev–Trinajstić information content (AvgIpc) is 2.74. The van der Waals surface area contributed by atoms with Crippen LogP contribution in [-0.4, -0.2) is 35.7 Å². The summed E-state index contributed by atoms with van der Waals surface area (Å²) < 4.78 is 11.6. The van der Waals surface area contributed by atoms with Crippen molar-refractivity contribution in [1.82, 2.24) is 0 Å². The van der Waals surface area contributed by atoms with E-state index in [1.807, 2.05) is 30.3 Å². The lowest BCUT2D eigenvalue weighted by molar-refractivity contribution is -0.103. The fourth-order valence-electron chi connectivity index (χ4n) is 3.04. The van der Waals surface area contributed by atoms with Crippen molar-refractivity contribution in [2.24, 2.45) is 10.2 Å². The number of hydrogen-bond donors (Lipinski definition) is 0. The zero-order chi connectivity index (χ0) is 20.6. The summed E-state index contributed by atoms with van der Waals surface area (Å²) in [5.74, 6) is -0.571. The van der Waals surface area contributed by atoms with Crippen LogP contribution in [0.3, 0.4) is 0 Å². The first kappa shape index (κ1) is 20.6. The summed E-state index contributed by atoms with van der Waals surface area (Å²) in [6.07, 6.45) is -1.48. The molecule has 1 aliphatic rings. The maximum atomic E-state index is 12.5. The van der Waals surface area contributed by atoms with E-state index in [0.29, 0.717) is 5.56 Å². The van der Waals surface area contributed by atoms with Crippen molar-refractivity contribution in [1.29, 1.82) is 0 Å². The Morgan fingerprint density at radius 3 is 2.21 bits per heavy atom. The smallest absolute Gasteiger partial charge is 0.338 e. The van der Waals surface area contributed by atoms with Crippen molar-refractivity contribution >= 4 is 17.7 Å². The Labute approximate surface area is 171 Å². The number of hydrogen-bond acceptors (Lipinski definition) is 6. The molecule has 0 spiro atoms. The molecule has 0 radical (unpaired) electrons. The molecule has 0 unspecified atom stereocenters. The van der Waals surface area contributed by atoms with Crippen LogP contribution in [0.2, 0.25) is 0 Å². The first-order chi connectivity index (χ1) is 14.1. The molecule has 0 bridgehead atoms. The van der Waals surface area contributed by atoms with E-state index in [2.05, 4.69) is 20.1 Å². The molecule has 0 saturated carbocycles. The van der Waals surface area contributed by atoms with Gasteiger partial charge in [-0.15, -0.1) is 0 Å². The summed E-state index contributed by atoms with van der Waals surface area (Å²) in [5, 5.41) is 7.60. The second kappa shape index (κ2) is 9.86. The van der Waals surface area contributed by atoms with E-state index in [0.717, 1.165) is 4.90 Å². The van der Waals surface area contributed by atoms with E-state index in [-0.39, 0.29) is 0 Å². The standard InChI is InChI=1S/C19H18N6O3S/c1-12-17(28-18(26)13-8-4-2-5-9-13)15(22-24-20)16(23-25-21)19(27-12)29-14-10-6-3-7-11-14/h2-12,15-17,19H,1H3/t12-,15+,16-,17+,19+/m0/s1. The molecule has 0 aromatic heterocycles. The van der Waals surface area contributed by atoms with Crippen LogP contribution in [0.5, 0.6) is 0 Å². The SMILES string of the molecule is C[C@@H]1O[C@H](Sc2ccccc2)[C@@H](N=[N+]=[N-])[C@@H](N=[N+]=[N-])[C@@H]1OC(=O)c1ccccc1. The fourth-order valence-corrected chi connectivity index (χ4v) is 4.21.